The predicted octanol–water partition coefficient (Wildman–Crippen LogP) is 3.13. The molecule has 2 aromatic carbocycles. The van der Waals surface area contributed by atoms with Crippen LogP contribution in [0.15, 0.2) is 59.5 Å². The normalized spacial score (nSPS) is 11.9. The zero-order chi connectivity index (χ0) is 19.1. The third-order valence-corrected chi connectivity index (χ3v) is 4.69. The van der Waals surface area contributed by atoms with Gasteiger partial charge in [-0.15, -0.1) is 0 Å². The van der Waals surface area contributed by atoms with E-state index < -0.39 is 21.9 Å². The molecule has 0 unspecified atom stereocenters. The van der Waals surface area contributed by atoms with Gasteiger partial charge < -0.3 is 0 Å². The molecule has 5 nitrogen and oxygen atoms in total. The minimum atomic E-state index is -4.61. The van der Waals surface area contributed by atoms with Crippen LogP contribution in [0.5, 0.6) is 0 Å². The van der Waals surface area contributed by atoms with Crippen LogP contribution in [-0.4, -0.2) is 37.1 Å². The van der Waals surface area contributed by atoms with Gasteiger partial charge in [0.25, 0.3) is 0 Å². The number of nitrogens with zero attached hydrogens (tertiary/aromatic N) is 2. The van der Waals surface area contributed by atoms with Crippen molar-refractivity contribution in [2.45, 2.75) is 18.0 Å². The van der Waals surface area contributed by atoms with Crippen LogP contribution in [0.25, 0.3) is 16.9 Å². The van der Waals surface area contributed by atoms with Crippen LogP contribution in [0, 0.1) is 6.92 Å². The van der Waals surface area contributed by atoms with E-state index in [1.54, 1.807) is 24.3 Å². The summed E-state index contributed by atoms with van der Waals surface area (Å²) in [4.78, 5) is -0.138. The first-order chi connectivity index (χ1) is 12.1. The van der Waals surface area contributed by atoms with Gasteiger partial charge in [0.05, 0.1) is 16.3 Å². The van der Waals surface area contributed by atoms with Gasteiger partial charge in [0.15, 0.2) is 5.69 Å². The van der Waals surface area contributed by atoms with Gasteiger partial charge in [-0.1, -0.05) is 29.8 Å². The largest absolute Gasteiger partial charge is 0.435 e. The molecule has 1 aromatic heterocycles. The standard InChI is InChI=1S/C17H14F3N3O2S.Li/c1-11-2-4-12(5-3-11)15-10-16(17(18,19)20)22-23(15)13-6-8-14(9-7-13)26(21,24)25;/h2-10H,1H3,(H2,21,24,25);. The quantitative estimate of drug-likeness (QED) is 0.701. The number of primary sulfonamides is 1. The SMILES string of the molecule is Cc1ccc(-c2cc(C(F)(F)F)nn2-c2ccc(S(N)(=O)=O)cc2)cc1.[Li]. The van der Waals surface area contributed by atoms with Crippen LogP contribution in [0.4, 0.5) is 13.2 Å². The molecule has 137 valence electrons. The van der Waals surface area contributed by atoms with Gasteiger partial charge in [-0.3, -0.25) is 0 Å². The fourth-order valence-electron chi connectivity index (χ4n) is 2.42. The van der Waals surface area contributed by atoms with Crippen LogP contribution in [0.2, 0.25) is 0 Å². The van der Waals surface area contributed by atoms with E-state index in [1.807, 2.05) is 6.92 Å². The third kappa shape index (κ3) is 4.62. The first-order valence-corrected chi connectivity index (χ1v) is 8.98. The van der Waals surface area contributed by atoms with E-state index in [2.05, 4.69) is 5.10 Å². The Morgan fingerprint density at radius 3 is 2.04 bits per heavy atom. The molecule has 2 N–H and O–H groups in total. The van der Waals surface area contributed by atoms with E-state index in [4.69, 9.17) is 5.14 Å². The number of halogens is 3. The summed E-state index contributed by atoms with van der Waals surface area (Å²) in [6, 6.07) is 13.1. The zero-order valence-corrected chi connectivity index (χ0v) is 15.3. The molecule has 10 heteroatoms. The topological polar surface area (TPSA) is 78.0 Å². The molecule has 1 heterocycles. The Balaban J connectivity index is 0.00000261. The van der Waals surface area contributed by atoms with E-state index >= 15 is 0 Å². The summed E-state index contributed by atoms with van der Waals surface area (Å²) in [6.07, 6.45) is -4.61. The van der Waals surface area contributed by atoms with Gasteiger partial charge in [-0.25, -0.2) is 18.2 Å². The first-order valence-electron chi connectivity index (χ1n) is 7.43. The van der Waals surface area contributed by atoms with Crippen molar-refractivity contribution in [2.75, 3.05) is 0 Å². The Labute approximate surface area is 166 Å². The second-order valence-electron chi connectivity index (χ2n) is 5.73. The molecule has 0 aliphatic heterocycles. The molecule has 3 aromatic rings. The summed E-state index contributed by atoms with van der Waals surface area (Å²) in [6.45, 7) is 1.87. The fourth-order valence-corrected chi connectivity index (χ4v) is 2.94. The molecule has 3 rings (SSSR count). The second kappa shape index (κ2) is 7.52. The minimum Gasteiger partial charge on any atom is -0.233 e. The van der Waals surface area contributed by atoms with Gasteiger partial charge in [-0.05, 0) is 37.3 Å². The average Bonchev–Trinajstić information content (AvgIpc) is 3.00. The van der Waals surface area contributed by atoms with Crippen molar-refractivity contribution in [1.29, 1.82) is 0 Å². The summed E-state index contributed by atoms with van der Waals surface area (Å²) in [5.74, 6) is 0. The van der Waals surface area contributed by atoms with Crippen LogP contribution < -0.4 is 5.14 Å². The Morgan fingerprint density at radius 2 is 1.56 bits per heavy atom. The van der Waals surface area contributed by atoms with Crippen molar-refractivity contribution >= 4 is 28.9 Å². The van der Waals surface area contributed by atoms with Crippen molar-refractivity contribution in [3.05, 3.63) is 65.9 Å². The van der Waals surface area contributed by atoms with Gasteiger partial charge in [0.2, 0.25) is 10.0 Å². The number of alkyl halides is 3. The molecule has 1 radical (unpaired) electrons. The zero-order valence-electron chi connectivity index (χ0n) is 14.5. The van der Waals surface area contributed by atoms with Crippen molar-refractivity contribution in [3.63, 3.8) is 0 Å². The van der Waals surface area contributed by atoms with Gasteiger partial charge >= 0.3 is 6.18 Å². The predicted molar refractivity (Wildman–Crippen MR) is 95.9 cm³/mol. The number of benzene rings is 2. The van der Waals surface area contributed by atoms with E-state index in [0.29, 0.717) is 5.56 Å². The van der Waals surface area contributed by atoms with E-state index in [9.17, 15) is 21.6 Å². The maximum Gasteiger partial charge on any atom is 0.435 e. The Morgan fingerprint density at radius 1 is 1.00 bits per heavy atom. The van der Waals surface area contributed by atoms with Crippen LogP contribution in [-0.2, 0) is 16.2 Å². The summed E-state index contributed by atoms with van der Waals surface area (Å²) in [5.41, 5.74) is 0.996. The molecule has 0 aliphatic rings. The number of hydrogen-bond donors (Lipinski definition) is 1. The number of aryl methyl sites for hydroxylation is 1. The van der Waals surface area contributed by atoms with E-state index in [0.717, 1.165) is 16.3 Å². The van der Waals surface area contributed by atoms with Crippen molar-refractivity contribution in [3.8, 4) is 16.9 Å². The number of nitrogens with two attached hydrogens (primary N) is 1. The molecule has 0 aliphatic carbocycles. The Kier molecular flexibility index (Phi) is 5.92. The van der Waals surface area contributed by atoms with Crippen molar-refractivity contribution in [1.82, 2.24) is 9.78 Å². The van der Waals surface area contributed by atoms with Gasteiger partial charge in [0.1, 0.15) is 0 Å². The van der Waals surface area contributed by atoms with Gasteiger partial charge in [-0.2, -0.15) is 18.3 Å². The summed E-state index contributed by atoms with van der Waals surface area (Å²) >= 11 is 0. The summed E-state index contributed by atoms with van der Waals surface area (Å²) in [7, 11) is -3.90. The van der Waals surface area contributed by atoms with E-state index in [-0.39, 0.29) is 35.1 Å². The Bertz CT molecular complexity index is 1040. The third-order valence-electron chi connectivity index (χ3n) is 3.76. The van der Waals surface area contributed by atoms with Crippen LogP contribution in [0.1, 0.15) is 11.3 Å². The smallest absolute Gasteiger partial charge is 0.233 e. The molecular weight excluding hydrogens is 374 g/mol. The number of hydrogen-bond acceptors (Lipinski definition) is 3. The number of rotatable bonds is 3. The monoisotopic (exact) mass is 388 g/mol. The summed E-state index contributed by atoms with van der Waals surface area (Å²) in [5, 5.41) is 8.70. The molecule has 0 amide bonds. The molecule has 0 saturated carbocycles. The molecule has 0 bridgehead atoms. The number of aromatic nitrogens is 2. The van der Waals surface area contributed by atoms with Crippen molar-refractivity contribution in [2.24, 2.45) is 5.14 Å². The van der Waals surface area contributed by atoms with Crippen LogP contribution in [0.3, 0.4) is 0 Å². The molecule has 0 saturated heterocycles. The fraction of sp³-hybridized carbons (Fsp3) is 0.118. The minimum absolute atomic E-state index is 0. The molecule has 0 fully saturated rings. The molecule has 27 heavy (non-hydrogen) atoms. The molecule has 0 atom stereocenters. The Hall–Kier alpha value is -2.05. The average molecular weight is 388 g/mol. The summed E-state index contributed by atoms with van der Waals surface area (Å²) < 4.78 is 63.2. The molecular formula is C17H14F3LiN3O2S. The maximum absolute atomic E-state index is 13.1. The molecule has 0 spiro atoms. The number of sulfonamides is 1. The van der Waals surface area contributed by atoms with Crippen LogP contribution >= 0.6 is 0 Å². The van der Waals surface area contributed by atoms with Gasteiger partial charge in [0, 0.05) is 24.4 Å². The van der Waals surface area contributed by atoms with Crippen molar-refractivity contribution < 1.29 is 21.6 Å². The second-order valence-corrected chi connectivity index (χ2v) is 7.29. The first kappa shape index (κ1) is 21.2. The van der Waals surface area contributed by atoms with E-state index in [1.165, 1.54) is 24.3 Å². The maximum atomic E-state index is 13.1.